The van der Waals surface area contributed by atoms with Crippen molar-refractivity contribution in [2.45, 2.75) is 38.2 Å². The van der Waals surface area contributed by atoms with Gasteiger partial charge >= 0.3 is 5.97 Å². The zero-order valence-electron chi connectivity index (χ0n) is 17.7. The molecule has 0 amide bonds. The molecular formula is C28H24O3. The molecule has 6 rings (SSSR count). The zero-order chi connectivity index (χ0) is 21.3. The molecule has 0 spiro atoms. The molecule has 3 heteroatoms. The second kappa shape index (κ2) is 6.34. The summed E-state index contributed by atoms with van der Waals surface area (Å²) in [6.07, 6.45) is 1.71. The number of carbonyl (C=O) groups is 1. The number of hydrogen-bond donors (Lipinski definition) is 1. The van der Waals surface area contributed by atoms with Crippen LogP contribution in [0.4, 0.5) is 0 Å². The van der Waals surface area contributed by atoms with E-state index >= 15 is 0 Å². The average Bonchev–Trinajstić information content (AvgIpc) is 3.21. The van der Waals surface area contributed by atoms with Gasteiger partial charge in [-0.15, -0.1) is 0 Å². The fourth-order valence-electron chi connectivity index (χ4n) is 6.07. The molecule has 3 nitrogen and oxygen atoms in total. The van der Waals surface area contributed by atoms with E-state index in [4.69, 9.17) is 4.74 Å². The van der Waals surface area contributed by atoms with Gasteiger partial charge in [-0.2, -0.15) is 0 Å². The summed E-state index contributed by atoms with van der Waals surface area (Å²) in [6, 6.07) is 21.8. The lowest BCUT2D eigenvalue weighted by molar-refractivity contribution is -0.0353. The highest BCUT2D eigenvalue weighted by Crippen LogP contribution is 2.64. The molecule has 1 N–H and O–H groups in total. The summed E-state index contributed by atoms with van der Waals surface area (Å²) < 4.78 is 6.42. The molecule has 31 heavy (non-hydrogen) atoms. The van der Waals surface area contributed by atoms with Gasteiger partial charge in [0.1, 0.15) is 11.4 Å². The number of phenolic OH excluding ortho intramolecular Hbond substituents is 1. The van der Waals surface area contributed by atoms with E-state index in [1.54, 1.807) is 0 Å². The number of carbonyl (C=O) groups excluding carboxylic acids is 1. The molecule has 4 aromatic rings. The van der Waals surface area contributed by atoms with Crippen LogP contribution < -0.4 is 0 Å². The van der Waals surface area contributed by atoms with Gasteiger partial charge in [-0.1, -0.05) is 61.5 Å². The molecule has 3 unspecified atom stereocenters. The number of phenols is 1. The van der Waals surface area contributed by atoms with Crippen LogP contribution in [-0.2, 0) is 10.3 Å². The van der Waals surface area contributed by atoms with Crippen LogP contribution in [0.15, 0.2) is 66.7 Å². The summed E-state index contributed by atoms with van der Waals surface area (Å²) in [5, 5.41) is 15.0. The maximum absolute atomic E-state index is 13.5. The van der Waals surface area contributed by atoms with E-state index in [1.807, 2.05) is 54.6 Å². The van der Waals surface area contributed by atoms with Crippen molar-refractivity contribution in [1.29, 1.82) is 0 Å². The van der Waals surface area contributed by atoms with Gasteiger partial charge in [0.15, 0.2) is 0 Å². The minimum atomic E-state index is -0.692. The lowest BCUT2D eigenvalue weighted by Crippen LogP contribution is -2.33. The van der Waals surface area contributed by atoms with Crippen molar-refractivity contribution in [2.24, 2.45) is 5.92 Å². The van der Waals surface area contributed by atoms with Crippen LogP contribution in [-0.4, -0.2) is 11.1 Å². The number of hydrogen-bond acceptors (Lipinski definition) is 3. The largest absolute Gasteiger partial charge is 0.507 e. The van der Waals surface area contributed by atoms with Gasteiger partial charge in [0.2, 0.25) is 0 Å². The SMILES string of the molecule is Cc1cccc2c(O)c3c(cc12)C1(OC(=O)c2cccc4ccccc24)CCC3C1C. The van der Waals surface area contributed by atoms with E-state index in [1.165, 1.54) is 0 Å². The molecule has 0 saturated heterocycles. The first-order valence-electron chi connectivity index (χ1n) is 11.0. The smallest absolute Gasteiger partial charge is 0.339 e. The molecule has 4 aromatic carbocycles. The maximum atomic E-state index is 13.5. The molecule has 0 aliphatic heterocycles. The molecule has 154 valence electrons. The highest BCUT2D eigenvalue weighted by molar-refractivity contribution is 6.04. The minimum Gasteiger partial charge on any atom is -0.507 e. The van der Waals surface area contributed by atoms with E-state index in [-0.39, 0.29) is 17.8 Å². The molecule has 0 heterocycles. The highest BCUT2D eigenvalue weighted by Gasteiger charge is 2.59. The van der Waals surface area contributed by atoms with Crippen LogP contribution in [0, 0.1) is 12.8 Å². The summed E-state index contributed by atoms with van der Waals surface area (Å²) in [6.45, 7) is 4.21. The zero-order valence-corrected chi connectivity index (χ0v) is 17.7. The molecule has 2 aliphatic carbocycles. The van der Waals surface area contributed by atoms with Crippen LogP contribution >= 0.6 is 0 Å². The second-order valence-corrected chi connectivity index (χ2v) is 9.10. The van der Waals surface area contributed by atoms with Gasteiger partial charge in [0, 0.05) is 22.4 Å². The molecule has 3 atom stereocenters. The van der Waals surface area contributed by atoms with E-state index in [0.29, 0.717) is 11.3 Å². The topological polar surface area (TPSA) is 46.5 Å². The van der Waals surface area contributed by atoms with Gasteiger partial charge < -0.3 is 9.84 Å². The summed E-state index contributed by atoms with van der Waals surface area (Å²) in [7, 11) is 0. The van der Waals surface area contributed by atoms with Crippen LogP contribution in [0.1, 0.15) is 52.7 Å². The number of benzene rings is 4. The van der Waals surface area contributed by atoms with Crippen LogP contribution in [0.25, 0.3) is 21.5 Å². The third-order valence-corrected chi connectivity index (χ3v) is 7.69. The number of fused-ring (bicyclic) bond motifs is 7. The quantitative estimate of drug-likeness (QED) is 0.381. The predicted octanol–water partition coefficient (Wildman–Crippen LogP) is 6.59. The Labute approximate surface area is 181 Å². The van der Waals surface area contributed by atoms with E-state index in [0.717, 1.165) is 51.1 Å². The Balaban J connectivity index is 1.51. The lowest BCUT2D eigenvalue weighted by atomic mass is 9.85. The Morgan fingerprint density at radius 2 is 1.74 bits per heavy atom. The van der Waals surface area contributed by atoms with Gasteiger partial charge in [0.25, 0.3) is 0 Å². The summed E-state index contributed by atoms with van der Waals surface area (Å²) in [5.74, 6) is 0.405. The van der Waals surface area contributed by atoms with Crippen molar-refractivity contribution in [3.8, 4) is 5.75 Å². The first-order chi connectivity index (χ1) is 15.0. The van der Waals surface area contributed by atoms with Gasteiger partial charge in [-0.25, -0.2) is 4.79 Å². The second-order valence-electron chi connectivity index (χ2n) is 9.10. The Morgan fingerprint density at radius 1 is 1.00 bits per heavy atom. The van der Waals surface area contributed by atoms with E-state index < -0.39 is 5.60 Å². The summed E-state index contributed by atoms with van der Waals surface area (Å²) >= 11 is 0. The predicted molar refractivity (Wildman–Crippen MR) is 123 cm³/mol. The Bertz CT molecular complexity index is 1380. The standard InChI is InChI=1S/C28H24O3/c1-16-7-5-11-21-23(16)15-24-25(26(21)29)19-13-14-28(24,17(19)2)31-27(30)22-12-6-9-18-8-3-4-10-20(18)22/h3-12,15,17,19,29H,13-14H2,1-2H3. The fourth-order valence-corrected chi connectivity index (χ4v) is 6.07. The van der Waals surface area contributed by atoms with Crippen LogP contribution in [0.5, 0.6) is 5.75 Å². The van der Waals surface area contributed by atoms with Crippen molar-refractivity contribution in [1.82, 2.24) is 0 Å². The van der Waals surface area contributed by atoms with Crippen molar-refractivity contribution in [3.63, 3.8) is 0 Å². The lowest BCUT2D eigenvalue weighted by Gasteiger charge is -2.32. The van der Waals surface area contributed by atoms with E-state index in [9.17, 15) is 9.90 Å². The van der Waals surface area contributed by atoms with Crippen molar-refractivity contribution in [2.75, 3.05) is 0 Å². The average molecular weight is 408 g/mol. The highest BCUT2D eigenvalue weighted by atomic mass is 16.6. The molecule has 0 radical (unpaired) electrons. The number of rotatable bonds is 2. The summed E-state index contributed by atoms with van der Waals surface area (Å²) in [4.78, 5) is 13.5. The van der Waals surface area contributed by atoms with Crippen molar-refractivity contribution < 1.29 is 14.6 Å². The summed E-state index contributed by atoms with van der Waals surface area (Å²) in [5.41, 5.74) is 2.98. The first-order valence-corrected chi connectivity index (χ1v) is 11.0. The van der Waals surface area contributed by atoms with Gasteiger partial charge in [-0.05, 0) is 59.5 Å². The fraction of sp³-hybridized carbons (Fsp3) is 0.250. The van der Waals surface area contributed by atoms with Gasteiger partial charge in [-0.3, -0.25) is 0 Å². The third kappa shape index (κ3) is 2.38. The molecule has 2 bridgehead atoms. The molecule has 0 aromatic heterocycles. The van der Waals surface area contributed by atoms with Crippen molar-refractivity contribution >= 4 is 27.5 Å². The Morgan fingerprint density at radius 3 is 2.61 bits per heavy atom. The van der Waals surface area contributed by atoms with Gasteiger partial charge in [0.05, 0.1) is 5.56 Å². The number of esters is 1. The molecule has 1 saturated carbocycles. The number of aryl methyl sites for hydroxylation is 1. The molecule has 1 fully saturated rings. The normalized spacial score (nSPS) is 23.9. The Hall–Kier alpha value is -3.33. The molecular weight excluding hydrogens is 384 g/mol. The number of ether oxygens (including phenoxy) is 1. The third-order valence-electron chi connectivity index (χ3n) is 7.69. The van der Waals surface area contributed by atoms with Crippen LogP contribution in [0.3, 0.4) is 0 Å². The first kappa shape index (κ1) is 18.4. The number of aromatic hydroxyl groups is 1. The monoisotopic (exact) mass is 408 g/mol. The Kier molecular flexibility index (Phi) is 3.77. The molecule has 2 aliphatic rings. The minimum absolute atomic E-state index is 0.129. The maximum Gasteiger partial charge on any atom is 0.339 e. The van der Waals surface area contributed by atoms with Crippen molar-refractivity contribution in [3.05, 3.63) is 89.0 Å². The van der Waals surface area contributed by atoms with E-state index in [2.05, 4.69) is 26.0 Å². The van der Waals surface area contributed by atoms with Crippen LogP contribution in [0.2, 0.25) is 0 Å².